The highest BCUT2D eigenvalue weighted by molar-refractivity contribution is 6.45. The normalized spacial score (nSPS) is 11.0. The van der Waals surface area contributed by atoms with Crippen LogP contribution in [0.25, 0.3) is 22.5 Å². The van der Waals surface area contributed by atoms with Crippen molar-refractivity contribution in [3.05, 3.63) is 72.1 Å². The summed E-state index contributed by atoms with van der Waals surface area (Å²) in [5, 5.41) is 11.7. The van der Waals surface area contributed by atoms with Crippen molar-refractivity contribution in [1.29, 1.82) is 0 Å². The van der Waals surface area contributed by atoms with Gasteiger partial charge in [0.1, 0.15) is 0 Å². The summed E-state index contributed by atoms with van der Waals surface area (Å²) in [6.07, 6.45) is 0. The van der Waals surface area contributed by atoms with Gasteiger partial charge in [-0.15, -0.1) is 0 Å². The van der Waals surface area contributed by atoms with Gasteiger partial charge in [-0.2, -0.15) is 0 Å². The molecule has 26 heavy (non-hydrogen) atoms. The quantitative estimate of drug-likeness (QED) is 0.398. The second kappa shape index (κ2) is 8.12. The Morgan fingerprint density at radius 1 is 0.654 bits per heavy atom. The Morgan fingerprint density at radius 3 is 1.46 bits per heavy atom. The summed E-state index contributed by atoms with van der Waals surface area (Å²) >= 11 is 37.0. The third kappa shape index (κ3) is 4.07. The Balaban J connectivity index is 2.27. The molecule has 8 heteroatoms. The molecule has 0 fully saturated rings. The molecule has 0 aliphatic carbocycles. The first-order valence-corrected chi connectivity index (χ1v) is 9.48. The van der Waals surface area contributed by atoms with Gasteiger partial charge < -0.3 is 5.11 Å². The molecule has 0 radical (unpaired) electrons. The van der Waals surface area contributed by atoms with E-state index in [0.717, 1.165) is 0 Å². The summed E-state index contributed by atoms with van der Waals surface area (Å²) in [4.78, 5) is 4.59. The van der Waals surface area contributed by atoms with E-state index in [0.29, 0.717) is 58.2 Å². The lowest BCUT2D eigenvalue weighted by molar-refractivity contribution is 0.282. The zero-order valence-electron chi connectivity index (χ0n) is 12.8. The van der Waals surface area contributed by atoms with Crippen LogP contribution in [0.3, 0.4) is 0 Å². The van der Waals surface area contributed by atoms with Crippen molar-refractivity contribution in [3.8, 4) is 22.5 Å². The van der Waals surface area contributed by atoms with Crippen molar-refractivity contribution in [2.75, 3.05) is 0 Å². The molecule has 1 N–H and O–H groups in total. The summed E-state index contributed by atoms with van der Waals surface area (Å²) in [6.45, 7) is -0.208. The van der Waals surface area contributed by atoms with Gasteiger partial charge in [0.15, 0.2) is 0 Å². The molecule has 0 spiro atoms. The Hall–Kier alpha value is -0.710. The molecule has 0 bridgehead atoms. The molecule has 0 unspecified atom stereocenters. The lowest BCUT2D eigenvalue weighted by Gasteiger charge is -2.12. The minimum Gasteiger partial charge on any atom is -0.392 e. The van der Waals surface area contributed by atoms with E-state index in [2.05, 4.69) is 4.98 Å². The maximum atomic E-state index is 9.64. The third-order valence-electron chi connectivity index (χ3n) is 3.61. The third-order valence-corrected chi connectivity index (χ3v) is 5.65. The Bertz CT molecular complexity index is 930. The van der Waals surface area contributed by atoms with E-state index in [1.165, 1.54) is 0 Å². The van der Waals surface area contributed by atoms with E-state index in [-0.39, 0.29) is 6.61 Å². The molecule has 0 atom stereocenters. The molecular formula is C18H9Cl6NO. The summed E-state index contributed by atoms with van der Waals surface area (Å²) in [6, 6.07) is 9.76. The van der Waals surface area contributed by atoms with Gasteiger partial charge in [-0.25, -0.2) is 4.98 Å². The standard InChI is InChI=1S/C18H9Cl6NO/c19-9-3-11(17(23)13(21)5-9)15-1-8(7-26)2-16(25-15)12-4-10(20)6-14(22)18(12)24/h1-6,26H,7H2. The van der Waals surface area contributed by atoms with Crippen molar-refractivity contribution >= 4 is 69.6 Å². The number of halogens is 6. The van der Waals surface area contributed by atoms with Gasteiger partial charge in [0.05, 0.1) is 38.1 Å². The number of aliphatic hydroxyl groups is 1. The van der Waals surface area contributed by atoms with Crippen LogP contribution in [0.15, 0.2) is 36.4 Å². The van der Waals surface area contributed by atoms with Gasteiger partial charge in [-0.3, -0.25) is 0 Å². The summed E-state index contributed by atoms with van der Waals surface area (Å²) in [7, 11) is 0. The first-order valence-electron chi connectivity index (χ1n) is 7.21. The smallest absolute Gasteiger partial charge is 0.0729 e. The number of benzene rings is 2. The van der Waals surface area contributed by atoms with E-state index >= 15 is 0 Å². The molecule has 2 nitrogen and oxygen atoms in total. The van der Waals surface area contributed by atoms with Crippen molar-refractivity contribution in [3.63, 3.8) is 0 Å². The monoisotopic (exact) mass is 465 g/mol. The van der Waals surface area contributed by atoms with E-state index in [1.807, 2.05) is 0 Å². The highest BCUT2D eigenvalue weighted by Crippen LogP contribution is 2.39. The van der Waals surface area contributed by atoms with Crippen molar-refractivity contribution in [2.45, 2.75) is 6.61 Å². The average Bonchev–Trinajstić information content (AvgIpc) is 2.60. The molecule has 0 amide bonds. The van der Waals surface area contributed by atoms with E-state index < -0.39 is 0 Å². The van der Waals surface area contributed by atoms with Gasteiger partial charge in [0, 0.05) is 21.2 Å². The fraction of sp³-hybridized carbons (Fsp3) is 0.0556. The van der Waals surface area contributed by atoms with Gasteiger partial charge in [0.2, 0.25) is 0 Å². The second-order valence-corrected chi connectivity index (χ2v) is 7.85. The minimum atomic E-state index is -0.208. The van der Waals surface area contributed by atoms with E-state index in [4.69, 9.17) is 69.6 Å². The lowest BCUT2D eigenvalue weighted by atomic mass is 10.0. The zero-order valence-corrected chi connectivity index (χ0v) is 17.4. The molecule has 3 aromatic rings. The van der Waals surface area contributed by atoms with E-state index in [9.17, 15) is 5.11 Å². The number of hydrogen-bond acceptors (Lipinski definition) is 2. The van der Waals surface area contributed by atoms with Crippen LogP contribution in [-0.4, -0.2) is 10.1 Å². The topological polar surface area (TPSA) is 33.1 Å². The highest BCUT2D eigenvalue weighted by atomic mass is 35.5. The van der Waals surface area contributed by atoms with Crippen LogP contribution in [0.5, 0.6) is 0 Å². The van der Waals surface area contributed by atoms with Crippen LogP contribution >= 0.6 is 69.6 Å². The summed E-state index contributed by atoms with van der Waals surface area (Å²) < 4.78 is 0. The fourth-order valence-corrected chi connectivity index (χ4v) is 3.84. The minimum absolute atomic E-state index is 0.208. The molecular weight excluding hydrogens is 459 g/mol. The first-order chi connectivity index (χ1) is 12.3. The van der Waals surface area contributed by atoms with Crippen LogP contribution < -0.4 is 0 Å². The lowest BCUT2D eigenvalue weighted by Crippen LogP contribution is -1.95. The number of nitrogens with zero attached hydrogens (tertiary/aromatic N) is 1. The highest BCUT2D eigenvalue weighted by Gasteiger charge is 2.16. The summed E-state index contributed by atoms with van der Waals surface area (Å²) in [5.41, 5.74) is 2.63. The molecule has 0 saturated heterocycles. The maximum Gasteiger partial charge on any atom is 0.0729 e. The van der Waals surface area contributed by atoms with Crippen molar-refractivity contribution in [1.82, 2.24) is 4.98 Å². The molecule has 134 valence electrons. The van der Waals surface area contributed by atoms with Crippen LogP contribution in [0, 0.1) is 0 Å². The summed E-state index contributed by atoms with van der Waals surface area (Å²) in [5.74, 6) is 0. The number of aromatic nitrogens is 1. The molecule has 3 rings (SSSR count). The Kier molecular flexibility index (Phi) is 6.25. The largest absolute Gasteiger partial charge is 0.392 e. The first kappa shape index (κ1) is 20.0. The number of hydrogen-bond donors (Lipinski definition) is 1. The van der Waals surface area contributed by atoms with Crippen LogP contribution in [0.4, 0.5) is 0 Å². The van der Waals surface area contributed by atoms with Crippen molar-refractivity contribution < 1.29 is 5.11 Å². The number of pyridine rings is 1. The second-order valence-electron chi connectivity index (χ2n) is 5.40. The number of aliphatic hydroxyl groups excluding tert-OH is 1. The maximum absolute atomic E-state index is 9.64. The van der Waals surface area contributed by atoms with Gasteiger partial charge in [-0.05, 0) is 42.0 Å². The molecule has 0 aliphatic rings. The predicted octanol–water partition coefficient (Wildman–Crippen LogP) is 7.83. The molecule has 1 heterocycles. The molecule has 0 saturated carbocycles. The SMILES string of the molecule is OCc1cc(-c2cc(Cl)cc(Cl)c2Cl)nc(-c2cc(Cl)cc(Cl)c2Cl)c1. The number of rotatable bonds is 3. The zero-order chi connectivity index (χ0) is 19.0. The van der Waals surface area contributed by atoms with Crippen LogP contribution in [-0.2, 0) is 6.61 Å². The Morgan fingerprint density at radius 2 is 1.08 bits per heavy atom. The van der Waals surface area contributed by atoms with Crippen molar-refractivity contribution in [2.24, 2.45) is 0 Å². The fourth-order valence-electron chi connectivity index (χ4n) is 2.44. The molecule has 1 aromatic heterocycles. The molecule has 0 aliphatic heterocycles. The van der Waals surface area contributed by atoms with E-state index in [1.54, 1.807) is 36.4 Å². The molecule has 2 aromatic carbocycles. The van der Waals surface area contributed by atoms with Gasteiger partial charge >= 0.3 is 0 Å². The average molecular weight is 468 g/mol. The predicted molar refractivity (Wildman–Crippen MR) is 111 cm³/mol. The van der Waals surface area contributed by atoms with Crippen LogP contribution in [0.2, 0.25) is 30.1 Å². The van der Waals surface area contributed by atoms with Gasteiger partial charge in [0.25, 0.3) is 0 Å². The van der Waals surface area contributed by atoms with Gasteiger partial charge in [-0.1, -0.05) is 69.6 Å². The van der Waals surface area contributed by atoms with Crippen LogP contribution in [0.1, 0.15) is 5.56 Å². The Labute approximate surface area is 180 Å².